The van der Waals surface area contributed by atoms with Crippen LogP contribution in [0.2, 0.25) is 0 Å². The van der Waals surface area contributed by atoms with Crippen LogP contribution in [0.4, 0.5) is 0 Å². The third kappa shape index (κ3) is 3.07. The van der Waals surface area contributed by atoms with E-state index in [0.29, 0.717) is 16.8 Å². The number of primary sulfonamides is 1. The first-order valence-corrected chi connectivity index (χ1v) is 7.45. The van der Waals surface area contributed by atoms with Crippen LogP contribution < -0.4 is 10.9 Å². The third-order valence-electron chi connectivity index (χ3n) is 2.89. The number of amidine groups is 1. The third-order valence-corrected chi connectivity index (χ3v) is 3.84. The smallest absolute Gasteiger partial charge is 0.238 e. The molecule has 0 saturated heterocycles. The number of nitrogens with two attached hydrogens (primary N) is 2. The van der Waals surface area contributed by atoms with Crippen molar-refractivity contribution < 1.29 is 13.5 Å². The maximum atomic E-state index is 11.6. The molecule has 0 atom stereocenters. The predicted molar refractivity (Wildman–Crippen MR) is 78.0 cm³/mol. The Morgan fingerprint density at radius 1 is 1.33 bits per heavy atom. The Balaban J connectivity index is 2.77. The van der Waals surface area contributed by atoms with Crippen molar-refractivity contribution in [2.75, 3.05) is 0 Å². The van der Waals surface area contributed by atoms with Crippen molar-refractivity contribution in [1.29, 1.82) is 5.41 Å². The first-order valence-electron chi connectivity index (χ1n) is 5.91. The average molecular weight is 306 g/mol. The van der Waals surface area contributed by atoms with Crippen LogP contribution in [-0.4, -0.2) is 24.3 Å². The van der Waals surface area contributed by atoms with E-state index in [2.05, 4.69) is 4.98 Å². The molecule has 0 amide bonds. The number of pyridine rings is 1. The predicted octanol–water partition coefficient (Wildman–Crippen LogP) is 0.172. The zero-order chi connectivity index (χ0) is 15.6. The largest absolute Gasteiger partial charge is 0.390 e. The van der Waals surface area contributed by atoms with Gasteiger partial charge in [-0.25, -0.2) is 13.6 Å². The summed E-state index contributed by atoms with van der Waals surface area (Å²) in [5.41, 5.74) is 7.00. The highest BCUT2D eigenvalue weighted by atomic mass is 32.2. The highest BCUT2D eigenvalue weighted by molar-refractivity contribution is 7.89. The molecule has 0 aliphatic carbocycles. The summed E-state index contributed by atoms with van der Waals surface area (Å²) in [5, 5.41) is 21.9. The van der Waals surface area contributed by atoms with Crippen molar-refractivity contribution in [1.82, 2.24) is 4.98 Å². The van der Waals surface area contributed by atoms with Gasteiger partial charge < -0.3 is 10.8 Å². The van der Waals surface area contributed by atoms with Gasteiger partial charge in [-0.2, -0.15) is 0 Å². The number of sulfonamides is 1. The zero-order valence-corrected chi connectivity index (χ0v) is 11.8. The molecule has 0 aliphatic heterocycles. The van der Waals surface area contributed by atoms with Gasteiger partial charge in [-0.05, 0) is 29.3 Å². The molecule has 2 rings (SSSR count). The number of aliphatic hydroxyl groups is 1. The number of benzene rings is 1. The number of nitrogens with zero attached hydrogens (tertiary/aromatic N) is 1. The quantitative estimate of drug-likeness (QED) is 0.470. The molecule has 1 aromatic carbocycles. The van der Waals surface area contributed by atoms with Crippen molar-refractivity contribution in [3.63, 3.8) is 0 Å². The summed E-state index contributed by atoms with van der Waals surface area (Å²) in [6.45, 7) is -0.252. The van der Waals surface area contributed by atoms with Gasteiger partial charge in [-0.3, -0.25) is 10.4 Å². The molecule has 0 radical (unpaired) electrons. The molecule has 1 heterocycles. The number of aromatic nitrogens is 1. The van der Waals surface area contributed by atoms with Crippen LogP contribution in [0.1, 0.15) is 11.3 Å². The fourth-order valence-electron chi connectivity index (χ4n) is 2.02. The van der Waals surface area contributed by atoms with Crippen LogP contribution in [0.3, 0.4) is 0 Å². The van der Waals surface area contributed by atoms with Crippen LogP contribution in [0.5, 0.6) is 0 Å². The van der Waals surface area contributed by atoms with Crippen LogP contribution >= 0.6 is 0 Å². The van der Waals surface area contributed by atoms with Crippen molar-refractivity contribution in [2.45, 2.75) is 11.5 Å². The molecule has 1 aromatic heterocycles. The molecule has 2 aromatic rings. The molecule has 7 nitrogen and oxygen atoms in total. The molecule has 6 N–H and O–H groups in total. The summed E-state index contributed by atoms with van der Waals surface area (Å²) in [7, 11) is -4.01. The van der Waals surface area contributed by atoms with Crippen molar-refractivity contribution in [3.8, 4) is 11.1 Å². The molecular formula is C13H14N4O3S. The Kier molecular flexibility index (Phi) is 4.03. The lowest BCUT2D eigenvalue weighted by molar-refractivity contribution is 0.277. The molecule has 0 saturated carbocycles. The van der Waals surface area contributed by atoms with E-state index in [1.165, 1.54) is 18.3 Å². The molecule has 0 spiro atoms. The maximum Gasteiger partial charge on any atom is 0.238 e. The Morgan fingerprint density at radius 3 is 2.62 bits per heavy atom. The van der Waals surface area contributed by atoms with Gasteiger partial charge in [0.05, 0.1) is 17.2 Å². The summed E-state index contributed by atoms with van der Waals surface area (Å²) in [6, 6.07) is 7.66. The van der Waals surface area contributed by atoms with Gasteiger partial charge >= 0.3 is 0 Å². The molecule has 0 unspecified atom stereocenters. The Morgan fingerprint density at radius 2 is 2.05 bits per heavy atom. The standard InChI is InChI=1S/C13H14N4O3S/c14-13(15)12-10(2-1-3-11(12)21(16,19)20)8-4-5-17-9(6-8)7-18/h1-6,18H,7H2,(H3,14,15)(H2,16,19,20). The summed E-state index contributed by atoms with van der Waals surface area (Å²) in [6.07, 6.45) is 1.48. The number of hydrogen-bond acceptors (Lipinski definition) is 5. The summed E-state index contributed by atoms with van der Waals surface area (Å²) >= 11 is 0. The normalized spacial score (nSPS) is 11.3. The molecule has 8 heteroatoms. The number of aliphatic hydroxyl groups excluding tert-OH is 1. The second kappa shape index (κ2) is 5.60. The SMILES string of the molecule is N=C(N)c1c(-c2ccnc(CO)c2)cccc1S(N)(=O)=O. The van der Waals surface area contributed by atoms with Crippen LogP contribution in [-0.2, 0) is 16.6 Å². The van der Waals surface area contributed by atoms with E-state index >= 15 is 0 Å². The van der Waals surface area contributed by atoms with Crippen LogP contribution in [0.25, 0.3) is 11.1 Å². The van der Waals surface area contributed by atoms with Gasteiger partial charge in [0.2, 0.25) is 10.0 Å². The number of nitrogens with one attached hydrogen (secondary N) is 1. The first kappa shape index (κ1) is 15.1. The van der Waals surface area contributed by atoms with Gasteiger partial charge in [0.1, 0.15) is 5.84 Å². The van der Waals surface area contributed by atoms with Gasteiger partial charge in [0.25, 0.3) is 0 Å². The minimum Gasteiger partial charge on any atom is -0.390 e. The lowest BCUT2D eigenvalue weighted by Crippen LogP contribution is -2.21. The Labute approximate surface area is 121 Å². The van der Waals surface area contributed by atoms with Crippen LogP contribution in [0.15, 0.2) is 41.4 Å². The van der Waals surface area contributed by atoms with E-state index in [-0.39, 0.29) is 17.1 Å². The molecule has 0 aliphatic rings. The summed E-state index contributed by atoms with van der Waals surface area (Å²) in [4.78, 5) is 3.74. The van der Waals surface area contributed by atoms with Gasteiger partial charge in [-0.1, -0.05) is 12.1 Å². The fourth-order valence-corrected chi connectivity index (χ4v) is 2.79. The lowest BCUT2D eigenvalue weighted by Gasteiger charge is -2.13. The average Bonchev–Trinajstić information content (AvgIpc) is 2.45. The summed E-state index contributed by atoms with van der Waals surface area (Å²) in [5.74, 6) is -0.406. The van der Waals surface area contributed by atoms with E-state index in [4.69, 9.17) is 21.4 Å². The van der Waals surface area contributed by atoms with Crippen molar-refractivity contribution in [2.24, 2.45) is 10.9 Å². The topological polar surface area (TPSA) is 143 Å². The number of hydrogen-bond donors (Lipinski definition) is 4. The van der Waals surface area contributed by atoms with E-state index in [0.717, 1.165) is 0 Å². The van der Waals surface area contributed by atoms with E-state index in [1.54, 1.807) is 18.2 Å². The molecule has 21 heavy (non-hydrogen) atoms. The fraction of sp³-hybridized carbons (Fsp3) is 0.0769. The second-order valence-corrected chi connectivity index (χ2v) is 5.86. The van der Waals surface area contributed by atoms with E-state index in [9.17, 15) is 8.42 Å². The van der Waals surface area contributed by atoms with Gasteiger partial charge in [-0.15, -0.1) is 0 Å². The molecule has 0 fully saturated rings. The zero-order valence-electron chi connectivity index (χ0n) is 10.9. The lowest BCUT2D eigenvalue weighted by atomic mass is 9.99. The minimum atomic E-state index is -4.01. The molecule has 110 valence electrons. The Bertz CT molecular complexity index is 803. The highest BCUT2D eigenvalue weighted by Crippen LogP contribution is 2.28. The number of rotatable bonds is 4. The van der Waals surface area contributed by atoms with Crippen molar-refractivity contribution >= 4 is 15.9 Å². The molecule has 0 bridgehead atoms. The van der Waals surface area contributed by atoms with Crippen molar-refractivity contribution in [3.05, 3.63) is 47.8 Å². The van der Waals surface area contributed by atoms with Gasteiger partial charge in [0, 0.05) is 11.8 Å². The van der Waals surface area contributed by atoms with E-state index in [1.807, 2.05) is 0 Å². The number of nitrogen functional groups attached to an aromatic ring is 1. The maximum absolute atomic E-state index is 11.6. The van der Waals surface area contributed by atoms with Crippen LogP contribution in [0, 0.1) is 5.41 Å². The first-order chi connectivity index (χ1) is 9.84. The minimum absolute atomic E-state index is 0.0371. The highest BCUT2D eigenvalue weighted by Gasteiger charge is 2.20. The van der Waals surface area contributed by atoms with E-state index < -0.39 is 15.9 Å². The molecular weight excluding hydrogens is 292 g/mol. The summed E-state index contributed by atoms with van der Waals surface area (Å²) < 4.78 is 23.3. The monoisotopic (exact) mass is 306 g/mol. The van der Waals surface area contributed by atoms with Gasteiger partial charge in [0.15, 0.2) is 0 Å². The second-order valence-electron chi connectivity index (χ2n) is 4.33. The Hall–Kier alpha value is -2.29.